The lowest BCUT2D eigenvalue weighted by molar-refractivity contribution is 0.237. The molecule has 0 spiro atoms. The zero-order valence-corrected chi connectivity index (χ0v) is 12.3. The fourth-order valence-corrected chi connectivity index (χ4v) is 2.38. The Morgan fingerprint density at radius 3 is 2.65 bits per heavy atom. The zero-order chi connectivity index (χ0) is 14.8. The number of amides is 2. The summed E-state index contributed by atoms with van der Waals surface area (Å²) in [6.07, 6.45) is 3.18. The van der Waals surface area contributed by atoms with Gasteiger partial charge in [-0.25, -0.2) is 13.2 Å². The molecule has 6 nitrogen and oxygen atoms in total. The Labute approximate surface area is 119 Å². The lowest BCUT2D eigenvalue weighted by Crippen LogP contribution is -2.38. The third-order valence-corrected chi connectivity index (χ3v) is 3.56. The number of hydrogen-bond acceptors (Lipinski definition) is 3. The van der Waals surface area contributed by atoms with Crippen LogP contribution in [0, 0.1) is 0 Å². The van der Waals surface area contributed by atoms with Gasteiger partial charge in [0.1, 0.15) is 0 Å². The first-order valence-corrected chi connectivity index (χ1v) is 8.37. The molecule has 1 atom stereocenters. The van der Waals surface area contributed by atoms with Gasteiger partial charge < -0.3 is 10.6 Å². The van der Waals surface area contributed by atoms with E-state index in [0.717, 1.165) is 24.7 Å². The largest absolute Gasteiger partial charge is 0.335 e. The van der Waals surface area contributed by atoms with E-state index in [0.29, 0.717) is 11.7 Å². The minimum Gasteiger partial charge on any atom is -0.335 e. The highest BCUT2D eigenvalue weighted by molar-refractivity contribution is 7.92. The Balaban J connectivity index is 1.99. The van der Waals surface area contributed by atoms with Crippen LogP contribution < -0.4 is 15.4 Å². The number of carbonyl (C=O) groups is 1. The van der Waals surface area contributed by atoms with E-state index < -0.39 is 10.0 Å². The Kier molecular flexibility index (Phi) is 4.17. The smallest absolute Gasteiger partial charge is 0.315 e. The Bertz CT molecular complexity index is 597. The van der Waals surface area contributed by atoms with Crippen molar-refractivity contribution in [1.29, 1.82) is 0 Å². The number of nitrogens with one attached hydrogen (secondary N) is 3. The molecule has 1 aromatic rings. The maximum atomic E-state index is 11.7. The molecule has 3 N–H and O–H groups in total. The standard InChI is InChI=1S/C13H19N3O3S/c1-9(14-13(17)15-11-6-7-11)10-4-3-5-12(8-10)16-20(2,18)19/h3-5,8-9,11,16H,6-7H2,1-2H3,(H2,14,15,17). The lowest BCUT2D eigenvalue weighted by Gasteiger charge is -2.16. The molecule has 0 heterocycles. The Morgan fingerprint density at radius 1 is 1.35 bits per heavy atom. The van der Waals surface area contributed by atoms with Gasteiger partial charge in [-0.3, -0.25) is 4.72 Å². The van der Waals surface area contributed by atoms with Crippen LogP contribution in [-0.2, 0) is 10.0 Å². The molecule has 1 saturated carbocycles. The van der Waals surface area contributed by atoms with E-state index in [1.54, 1.807) is 18.2 Å². The third kappa shape index (κ3) is 4.73. The van der Waals surface area contributed by atoms with Gasteiger partial charge in [0.25, 0.3) is 0 Å². The second-order valence-corrected chi connectivity index (χ2v) is 6.86. The van der Waals surface area contributed by atoms with Gasteiger partial charge in [-0.1, -0.05) is 12.1 Å². The number of anilines is 1. The highest BCUT2D eigenvalue weighted by atomic mass is 32.2. The van der Waals surface area contributed by atoms with E-state index in [1.807, 2.05) is 13.0 Å². The van der Waals surface area contributed by atoms with Crippen LogP contribution in [0.4, 0.5) is 10.5 Å². The van der Waals surface area contributed by atoms with Crippen LogP contribution in [0.3, 0.4) is 0 Å². The lowest BCUT2D eigenvalue weighted by atomic mass is 10.1. The maximum Gasteiger partial charge on any atom is 0.315 e. The minimum absolute atomic E-state index is 0.193. The van der Waals surface area contributed by atoms with Crippen molar-refractivity contribution < 1.29 is 13.2 Å². The molecule has 20 heavy (non-hydrogen) atoms. The summed E-state index contributed by atoms with van der Waals surface area (Å²) in [5.41, 5.74) is 1.32. The van der Waals surface area contributed by atoms with Gasteiger partial charge in [-0.05, 0) is 37.5 Å². The number of sulfonamides is 1. The molecular formula is C13H19N3O3S. The van der Waals surface area contributed by atoms with Crippen LogP contribution in [0.25, 0.3) is 0 Å². The summed E-state index contributed by atoms with van der Waals surface area (Å²) < 4.78 is 24.8. The Morgan fingerprint density at radius 2 is 2.05 bits per heavy atom. The predicted octanol–water partition coefficient (Wildman–Crippen LogP) is 1.58. The molecule has 1 aliphatic rings. The van der Waals surface area contributed by atoms with Crippen LogP contribution in [0.15, 0.2) is 24.3 Å². The summed E-state index contributed by atoms with van der Waals surface area (Å²) in [6.45, 7) is 1.85. The molecule has 0 aliphatic heterocycles. The molecule has 110 valence electrons. The highest BCUT2D eigenvalue weighted by Gasteiger charge is 2.23. The van der Waals surface area contributed by atoms with Crippen molar-refractivity contribution in [2.45, 2.75) is 31.8 Å². The summed E-state index contributed by atoms with van der Waals surface area (Å²) in [7, 11) is -3.30. The molecule has 0 aromatic heterocycles. The number of benzene rings is 1. The average Bonchev–Trinajstić information content (AvgIpc) is 3.10. The third-order valence-electron chi connectivity index (χ3n) is 2.95. The van der Waals surface area contributed by atoms with Gasteiger partial charge in [0.2, 0.25) is 10.0 Å². The quantitative estimate of drug-likeness (QED) is 0.771. The van der Waals surface area contributed by atoms with Crippen LogP contribution in [-0.4, -0.2) is 26.7 Å². The zero-order valence-electron chi connectivity index (χ0n) is 11.5. The Hall–Kier alpha value is -1.76. The van der Waals surface area contributed by atoms with Crippen LogP contribution in [0.2, 0.25) is 0 Å². The average molecular weight is 297 g/mol. The van der Waals surface area contributed by atoms with Crippen molar-refractivity contribution in [3.8, 4) is 0 Å². The van der Waals surface area contributed by atoms with Gasteiger partial charge in [0.05, 0.1) is 12.3 Å². The fourth-order valence-electron chi connectivity index (χ4n) is 1.82. The molecule has 1 fully saturated rings. The first-order valence-electron chi connectivity index (χ1n) is 6.48. The molecule has 7 heteroatoms. The predicted molar refractivity (Wildman–Crippen MR) is 78.0 cm³/mol. The highest BCUT2D eigenvalue weighted by Crippen LogP contribution is 2.20. The molecule has 0 radical (unpaired) electrons. The molecule has 0 saturated heterocycles. The monoisotopic (exact) mass is 297 g/mol. The van der Waals surface area contributed by atoms with Gasteiger partial charge in [-0.15, -0.1) is 0 Å². The van der Waals surface area contributed by atoms with Crippen LogP contribution in [0.5, 0.6) is 0 Å². The second kappa shape index (κ2) is 5.70. The van der Waals surface area contributed by atoms with Crippen molar-refractivity contribution in [2.24, 2.45) is 0 Å². The van der Waals surface area contributed by atoms with Crippen molar-refractivity contribution in [1.82, 2.24) is 10.6 Å². The van der Waals surface area contributed by atoms with E-state index in [9.17, 15) is 13.2 Å². The number of rotatable bonds is 5. The summed E-state index contributed by atoms with van der Waals surface area (Å²) in [5, 5.41) is 5.68. The van der Waals surface area contributed by atoms with E-state index in [4.69, 9.17) is 0 Å². The summed E-state index contributed by atoms with van der Waals surface area (Å²) in [4.78, 5) is 11.7. The van der Waals surface area contributed by atoms with Gasteiger partial charge >= 0.3 is 6.03 Å². The van der Waals surface area contributed by atoms with Crippen molar-refractivity contribution >= 4 is 21.7 Å². The van der Waals surface area contributed by atoms with E-state index in [-0.39, 0.29) is 12.1 Å². The van der Waals surface area contributed by atoms with E-state index in [1.165, 1.54) is 0 Å². The topological polar surface area (TPSA) is 87.3 Å². The molecule has 1 aliphatic carbocycles. The minimum atomic E-state index is -3.30. The number of hydrogen-bond donors (Lipinski definition) is 3. The van der Waals surface area contributed by atoms with E-state index in [2.05, 4.69) is 15.4 Å². The molecule has 0 bridgehead atoms. The van der Waals surface area contributed by atoms with Crippen molar-refractivity contribution in [3.63, 3.8) is 0 Å². The maximum absolute atomic E-state index is 11.7. The second-order valence-electron chi connectivity index (χ2n) is 5.11. The first kappa shape index (κ1) is 14.6. The van der Waals surface area contributed by atoms with Crippen molar-refractivity contribution in [3.05, 3.63) is 29.8 Å². The summed E-state index contributed by atoms with van der Waals surface area (Å²) in [6, 6.07) is 6.89. The summed E-state index contributed by atoms with van der Waals surface area (Å²) >= 11 is 0. The molecule has 1 unspecified atom stereocenters. The SMILES string of the molecule is CC(NC(=O)NC1CC1)c1cccc(NS(C)(=O)=O)c1. The van der Waals surface area contributed by atoms with E-state index >= 15 is 0 Å². The summed E-state index contributed by atoms with van der Waals surface area (Å²) in [5.74, 6) is 0. The van der Waals surface area contributed by atoms with Gasteiger partial charge in [-0.2, -0.15) is 0 Å². The number of carbonyl (C=O) groups excluding carboxylic acids is 1. The van der Waals surface area contributed by atoms with Gasteiger partial charge in [0.15, 0.2) is 0 Å². The normalized spacial score (nSPS) is 16.3. The molecule has 1 aromatic carbocycles. The molecule has 2 amide bonds. The number of urea groups is 1. The fraction of sp³-hybridized carbons (Fsp3) is 0.462. The van der Waals surface area contributed by atoms with Crippen LogP contribution >= 0.6 is 0 Å². The van der Waals surface area contributed by atoms with Crippen molar-refractivity contribution in [2.75, 3.05) is 11.0 Å². The molecule has 2 rings (SSSR count). The van der Waals surface area contributed by atoms with Crippen LogP contribution in [0.1, 0.15) is 31.4 Å². The first-order chi connectivity index (χ1) is 9.33. The van der Waals surface area contributed by atoms with Gasteiger partial charge in [0, 0.05) is 11.7 Å². The molecular weight excluding hydrogens is 278 g/mol.